The molecule has 2 aliphatic heterocycles. The lowest BCUT2D eigenvalue weighted by Gasteiger charge is -2.34. The second-order valence-corrected chi connectivity index (χ2v) is 8.81. The zero-order chi connectivity index (χ0) is 22.1. The number of piperidine rings is 1. The predicted octanol–water partition coefficient (Wildman–Crippen LogP) is 2.97. The summed E-state index contributed by atoms with van der Waals surface area (Å²) >= 11 is 0. The van der Waals surface area contributed by atoms with Crippen LogP contribution in [0, 0.1) is 5.92 Å². The fourth-order valence-electron chi connectivity index (χ4n) is 4.93. The summed E-state index contributed by atoms with van der Waals surface area (Å²) in [5.41, 5.74) is 9.86. The highest BCUT2D eigenvalue weighted by molar-refractivity contribution is 5.89. The lowest BCUT2D eigenvalue weighted by molar-refractivity contribution is -0.137. The van der Waals surface area contributed by atoms with Gasteiger partial charge in [0.2, 0.25) is 11.8 Å². The van der Waals surface area contributed by atoms with Gasteiger partial charge in [0.05, 0.1) is 22.8 Å². The number of benzene rings is 1. The number of pyridine rings is 2. The van der Waals surface area contributed by atoms with E-state index < -0.39 is 0 Å². The number of carbonyl (C=O) groups is 2. The van der Waals surface area contributed by atoms with Crippen LogP contribution in [0.2, 0.25) is 0 Å². The van der Waals surface area contributed by atoms with Gasteiger partial charge in [-0.1, -0.05) is 18.2 Å². The number of anilines is 1. The molecular formula is C25H27N5O2. The van der Waals surface area contributed by atoms with Crippen molar-refractivity contribution in [3.8, 4) is 0 Å². The van der Waals surface area contributed by atoms with Gasteiger partial charge in [-0.15, -0.1) is 0 Å². The lowest BCUT2D eigenvalue weighted by Crippen LogP contribution is -2.43. The molecule has 164 valence electrons. The molecule has 2 N–H and O–H groups in total. The lowest BCUT2D eigenvalue weighted by atomic mass is 9.91. The van der Waals surface area contributed by atoms with E-state index in [0.717, 1.165) is 41.5 Å². The summed E-state index contributed by atoms with van der Waals surface area (Å²) in [6.45, 7) is 2.31. The molecule has 2 fully saturated rings. The first-order chi connectivity index (χ1) is 15.6. The number of fused-ring (bicyclic) bond motifs is 1. The Labute approximate surface area is 187 Å². The average molecular weight is 430 g/mol. The van der Waals surface area contributed by atoms with Crippen molar-refractivity contribution in [3.63, 3.8) is 0 Å². The third kappa shape index (κ3) is 4.02. The van der Waals surface area contributed by atoms with E-state index in [1.54, 1.807) is 17.3 Å². The van der Waals surface area contributed by atoms with Crippen LogP contribution in [0.15, 0.2) is 54.9 Å². The van der Waals surface area contributed by atoms with Crippen LogP contribution in [0.4, 0.5) is 5.69 Å². The minimum absolute atomic E-state index is 0.0363. The van der Waals surface area contributed by atoms with Crippen LogP contribution in [0.1, 0.15) is 36.4 Å². The molecule has 5 rings (SSSR count). The predicted molar refractivity (Wildman–Crippen MR) is 122 cm³/mol. The van der Waals surface area contributed by atoms with E-state index in [1.807, 2.05) is 47.4 Å². The number of nitrogens with zero attached hydrogens (tertiary/aromatic N) is 4. The maximum Gasteiger partial charge on any atom is 0.228 e. The van der Waals surface area contributed by atoms with Crippen LogP contribution >= 0.6 is 0 Å². The Balaban J connectivity index is 1.28. The van der Waals surface area contributed by atoms with Crippen LogP contribution in [-0.4, -0.2) is 51.2 Å². The number of hydrogen-bond acceptors (Lipinski definition) is 5. The molecule has 0 aliphatic carbocycles. The third-order valence-electron chi connectivity index (χ3n) is 6.59. The summed E-state index contributed by atoms with van der Waals surface area (Å²) in [5, 5.41) is 1.02. The first-order valence-electron chi connectivity index (χ1n) is 11.2. The minimum atomic E-state index is -0.287. The largest absolute Gasteiger partial charge is 0.397 e. The highest BCUT2D eigenvalue weighted by atomic mass is 16.2. The molecule has 2 atom stereocenters. The van der Waals surface area contributed by atoms with Crippen LogP contribution < -0.4 is 5.73 Å². The number of nitrogen functional groups attached to an aromatic ring is 1. The van der Waals surface area contributed by atoms with Crippen molar-refractivity contribution in [1.29, 1.82) is 0 Å². The molecule has 2 aliphatic rings. The van der Waals surface area contributed by atoms with Crippen molar-refractivity contribution >= 4 is 28.4 Å². The van der Waals surface area contributed by atoms with E-state index in [1.165, 1.54) is 0 Å². The summed E-state index contributed by atoms with van der Waals surface area (Å²) in [7, 11) is 0. The van der Waals surface area contributed by atoms with Crippen LogP contribution in [0.3, 0.4) is 0 Å². The molecule has 0 unspecified atom stereocenters. The topological polar surface area (TPSA) is 92.4 Å². The Morgan fingerprint density at radius 3 is 2.78 bits per heavy atom. The summed E-state index contributed by atoms with van der Waals surface area (Å²) in [6.07, 6.45) is 5.59. The van der Waals surface area contributed by atoms with Gasteiger partial charge in [0.1, 0.15) is 0 Å². The third-order valence-corrected chi connectivity index (χ3v) is 6.59. The number of aromatic nitrogens is 2. The fraction of sp³-hybridized carbons (Fsp3) is 0.360. The van der Waals surface area contributed by atoms with Gasteiger partial charge in [0.25, 0.3) is 0 Å². The second kappa shape index (κ2) is 8.57. The maximum absolute atomic E-state index is 13.3. The minimum Gasteiger partial charge on any atom is -0.397 e. The van der Waals surface area contributed by atoms with E-state index in [2.05, 4.69) is 4.98 Å². The molecule has 4 heterocycles. The Bertz CT molecular complexity index is 1150. The van der Waals surface area contributed by atoms with Crippen molar-refractivity contribution in [2.45, 2.75) is 31.7 Å². The second-order valence-electron chi connectivity index (χ2n) is 8.81. The fourth-order valence-corrected chi connectivity index (χ4v) is 4.93. The maximum atomic E-state index is 13.3. The molecule has 32 heavy (non-hydrogen) atoms. The van der Waals surface area contributed by atoms with E-state index in [-0.39, 0.29) is 30.1 Å². The highest BCUT2D eigenvalue weighted by Gasteiger charge is 2.38. The SMILES string of the molecule is Nc1cc2ccccc2nc1[C@@H]1CCCN(C(=O)[C@H]2CC(=O)N(Cc3ccncc3)C2)C1. The van der Waals surface area contributed by atoms with Gasteiger partial charge in [-0.3, -0.25) is 19.6 Å². The first kappa shape index (κ1) is 20.4. The Kier molecular flexibility index (Phi) is 5.47. The number of nitrogens with two attached hydrogens (primary N) is 1. The molecule has 0 saturated carbocycles. The van der Waals surface area contributed by atoms with E-state index in [4.69, 9.17) is 10.7 Å². The smallest absolute Gasteiger partial charge is 0.228 e. The van der Waals surface area contributed by atoms with Gasteiger partial charge in [0, 0.05) is 56.3 Å². The quantitative estimate of drug-likeness (QED) is 0.688. The normalized spacial score (nSPS) is 21.3. The Hall–Kier alpha value is -3.48. The van der Waals surface area contributed by atoms with Crippen molar-refractivity contribution in [1.82, 2.24) is 19.8 Å². The Morgan fingerprint density at radius 1 is 1.12 bits per heavy atom. The number of hydrogen-bond donors (Lipinski definition) is 1. The van der Waals surface area contributed by atoms with Crippen molar-refractivity contribution in [2.75, 3.05) is 25.4 Å². The van der Waals surface area contributed by atoms with Crippen molar-refractivity contribution in [3.05, 3.63) is 66.1 Å². The molecule has 7 nitrogen and oxygen atoms in total. The number of likely N-dealkylation sites (tertiary alicyclic amines) is 2. The monoisotopic (exact) mass is 429 g/mol. The summed E-state index contributed by atoms with van der Waals surface area (Å²) in [5.74, 6) is -0.0684. The zero-order valence-corrected chi connectivity index (χ0v) is 18.0. The van der Waals surface area contributed by atoms with Gasteiger partial charge < -0.3 is 15.5 Å². The molecule has 7 heteroatoms. The Morgan fingerprint density at radius 2 is 1.94 bits per heavy atom. The van der Waals surface area contributed by atoms with Crippen LogP contribution in [0.5, 0.6) is 0 Å². The molecule has 1 aromatic carbocycles. The van der Waals surface area contributed by atoms with E-state index in [0.29, 0.717) is 25.3 Å². The van der Waals surface area contributed by atoms with Gasteiger partial charge in [0.15, 0.2) is 0 Å². The molecule has 2 amide bonds. The summed E-state index contributed by atoms with van der Waals surface area (Å²) < 4.78 is 0. The standard InChI is InChI=1S/C25H27N5O2/c26-21-12-18-4-1-2-6-22(18)28-24(21)19-5-3-11-29(15-19)25(32)20-13-23(31)30(16-20)14-17-7-9-27-10-8-17/h1-2,4,6-10,12,19-20H,3,5,11,13-16,26H2/t19-,20+/m1/s1. The molecule has 2 aromatic heterocycles. The number of para-hydroxylation sites is 1. The van der Waals surface area contributed by atoms with Crippen LogP contribution in [0.25, 0.3) is 10.9 Å². The number of amides is 2. The summed E-state index contributed by atoms with van der Waals surface area (Å²) in [6, 6.07) is 13.7. The summed E-state index contributed by atoms with van der Waals surface area (Å²) in [4.78, 5) is 38.4. The van der Waals surface area contributed by atoms with Gasteiger partial charge in [-0.25, -0.2) is 0 Å². The van der Waals surface area contributed by atoms with Gasteiger partial charge in [-0.2, -0.15) is 0 Å². The first-order valence-corrected chi connectivity index (χ1v) is 11.2. The van der Waals surface area contributed by atoms with Crippen molar-refractivity contribution in [2.24, 2.45) is 5.92 Å². The zero-order valence-electron chi connectivity index (χ0n) is 18.0. The number of carbonyl (C=O) groups excluding carboxylic acids is 2. The van der Waals surface area contributed by atoms with E-state index in [9.17, 15) is 9.59 Å². The molecule has 0 radical (unpaired) electrons. The highest BCUT2D eigenvalue weighted by Crippen LogP contribution is 2.33. The van der Waals surface area contributed by atoms with Crippen LogP contribution in [-0.2, 0) is 16.1 Å². The molecular weight excluding hydrogens is 402 g/mol. The molecule has 0 bridgehead atoms. The molecule has 0 spiro atoms. The van der Waals surface area contributed by atoms with Gasteiger partial charge in [-0.05, 0) is 42.7 Å². The number of rotatable bonds is 4. The van der Waals surface area contributed by atoms with Gasteiger partial charge >= 0.3 is 0 Å². The molecule has 2 saturated heterocycles. The van der Waals surface area contributed by atoms with E-state index >= 15 is 0 Å². The average Bonchev–Trinajstić information content (AvgIpc) is 3.19. The van der Waals surface area contributed by atoms with Crippen molar-refractivity contribution < 1.29 is 9.59 Å². The molecule has 3 aromatic rings.